The summed E-state index contributed by atoms with van der Waals surface area (Å²) < 4.78 is 2.24. The minimum Gasteiger partial charge on any atom is -0.477 e. The van der Waals surface area contributed by atoms with Gasteiger partial charge >= 0.3 is 5.97 Å². The summed E-state index contributed by atoms with van der Waals surface area (Å²) >= 11 is 12.7. The Morgan fingerprint density at radius 3 is 1.74 bits per heavy atom. The molecule has 1 aliphatic heterocycles. The minimum atomic E-state index is -1.52. The molecule has 0 amide bonds. The van der Waals surface area contributed by atoms with Crippen molar-refractivity contribution in [1.82, 2.24) is 4.90 Å². The molecule has 6 rings (SSSR count). The molecule has 1 aliphatic rings. The van der Waals surface area contributed by atoms with E-state index in [1.165, 1.54) is 0 Å². The molecule has 0 fully saturated rings. The van der Waals surface area contributed by atoms with Crippen molar-refractivity contribution >= 4 is 35.0 Å². The lowest BCUT2D eigenvalue weighted by Gasteiger charge is -2.35. The van der Waals surface area contributed by atoms with Gasteiger partial charge in [0.05, 0.1) is 5.56 Å². The number of hydrogen-bond donors (Lipinski definition) is 1. The molecule has 0 aliphatic carbocycles. The molecule has 42 heavy (non-hydrogen) atoms. The maximum absolute atomic E-state index is 14.1. The van der Waals surface area contributed by atoms with Crippen molar-refractivity contribution in [2.75, 3.05) is 0 Å². The van der Waals surface area contributed by atoms with Crippen LogP contribution in [0, 0.1) is 0 Å². The lowest BCUT2D eigenvalue weighted by molar-refractivity contribution is -0.586. The highest BCUT2D eigenvalue weighted by Gasteiger charge is 2.67. The molecule has 0 saturated carbocycles. The van der Waals surface area contributed by atoms with Crippen LogP contribution < -0.4 is 0 Å². The zero-order valence-corrected chi connectivity index (χ0v) is 24.3. The van der Waals surface area contributed by atoms with Crippen LogP contribution in [0.4, 0.5) is 0 Å². The Labute approximate surface area is 255 Å². The third kappa shape index (κ3) is 5.09. The lowest BCUT2D eigenvalue weighted by atomic mass is 9.78. The summed E-state index contributed by atoms with van der Waals surface area (Å²) in [5.41, 5.74) is 2.97. The van der Waals surface area contributed by atoms with Gasteiger partial charge in [-0.2, -0.15) is 0 Å². The number of aliphatic carboxylic acids is 1. The lowest BCUT2D eigenvalue weighted by Crippen LogP contribution is -2.53. The van der Waals surface area contributed by atoms with Crippen molar-refractivity contribution < 1.29 is 14.5 Å². The third-order valence-electron chi connectivity index (χ3n) is 7.87. The second kappa shape index (κ2) is 11.8. The van der Waals surface area contributed by atoms with Gasteiger partial charge in [0.1, 0.15) is 13.1 Å². The average Bonchev–Trinajstić information content (AvgIpc) is 3.29. The van der Waals surface area contributed by atoms with Crippen LogP contribution in [-0.2, 0) is 23.4 Å². The van der Waals surface area contributed by atoms with Gasteiger partial charge in [0.15, 0.2) is 6.04 Å². The fourth-order valence-corrected chi connectivity index (χ4v) is 6.33. The van der Waals surface area contributed by atoms with Crippen molar-refractivity contribution in [2.45, 2.75) is 24.7 Å². The Bertz CT molecular complexity index is 1710. The number of carboxylic acid groups (broad SMARTS) is 1. The van der Waals surface area contributed by atoms with E-state index in [0.29, 0.717) is 28.7 Å². The summed E-state index contributed by atoms with van der Waals surface area (Å²) in [6, 6.07) is 44.3. The van der Waals surface area contributed by atoms with Gasteiger partial charge < -0.3 is 5.11 Å². The summed E-state index contributed by atoms with van der Waals surface area (Å²) in [7, 11) is 0. The monoisotopic (exact) mass is 591 g/mol. The number of nitrogens with zero attached hydrogens (tertiary/aromatic N) is 2. The second-order valence-corrected chi connectivity index (χ2v) is 11.3. The molecule has 0 bridgehead atoms. The predicted octanol–water partition coefficient (Wildman–Crippen LogP) is 8.19. The van der Waals surface area contributed by atoms with E-state index in [0.717, 1.165) is 28.1 Å². The van der Waals surface area contributed by atoms with E-state index in [2.05, 4.69) is 21.6 Å². The molecule has 0 aromatic heterocycles. The Hall–Kier alpha value is -4.38. The van der Waals surface area contributed by atoms with Crippen LogP contribution >= 0.6 is 23.2 Å². The van der Waals surface area contributed by atoms with E-state index in [-0.39, 0.29) is 0 Å². The number of carboxylic acids is 1. The van der Waals surface area contributed by atoms with Crippen LogP contribution in [0.2, 0.25) is 10.0 Å². The zero-order valence-electron chi connectivity index (χ0n) is 22.8. The molecule has 4 nitrogen and oxygen atoms in total. The van der Waals surface area contributed by atoms with Gasteiger partial charge in [0.2, 0.25) is 0 Å². The van der Waals surface area contributed by atoms with Gasteiger partial charge in [-0.3, -0.25) is 0 Å². The molecule has 6 heteroatoms. The molecule has 5 aromatic carbocycles. The van der Waals surface area contributed by atoms with E-state index >= 15 is 0 Å². The van der Waals surface area contributed by atoms with Crippen LogP contribution in [-0.4, -0.2) is 26.4 Å². The molecular formula is C36H29Cl2N2O2+. The molecule has 0 saturated heterocycles. The number of amidine groups is 1. The first kappa shape index (κ1) is 27.8. The number of carbonyl (C=O) groups is 1. The summed E-state index contributed by atoms with van der Waals surface area (Å²) in [6.45, 7) is 0.863. The molecule has 0 spiro atoms. The normalized spacial score (nSPS) is 18.3. The van der Waals surface area contributed by atoms with E-state index < -0.39 is 17.6 Å². The first-order valence-corrected chi connectivity index (χ1v) is 14.5. The van der Waals surface area contributed by atoms with Crippen LogP contribution in [0.25, 0.3) is 0 Å². The van der Waals surface area contributed by atoms with Crippen LogP contribution in [0.5, 0.6) is 0 Å². The maximum atomic E-state index is 14.1. The molecule has 1 heterocycles. The first-order valence-electron chi connectivity index (χ1n) is 13.8. The van der Waals surface area contributed by atoms with Crippen molar-refractivity contribution in [3.05, 3.63) is 177 Å². The zero-order chi connectivity index (χ0) is 29.1. The fraction of sp³-hybridized carbons (Fsp3) is 0.111. The van der Waals surface area contributed by atoms with Gasteiger partial charge in [0, 0.05) is 21.2 Å². The highest BCUT2D eigenvalue weighted by atomic mass is 35.5. The summed E-state index contributed by atoms with van der Waals surface area (Å²) in [4.78, 5) is 16.2. The SMILES string of the molecule is O=C(O)C1(c2ccc(Cl)cc2)C(c2ccc(Cl)cc2)[N+](Cc2ccccc2)=C(c2ccccc2)N1Cc1ccccc1. The Morgan fingerprint density at radius 1 is 0.690 bits per heavy atom. The minimum absolute atomic E-state index is 0.370. The highest BCUT2D eigenvalue weighted by Crippen LogP contribution is 2.50. The van der Waals surface area contributed by atoms with Crippen LogP contribution in [0.15, 0.2) is 140 Å². The fourth-order valence-electron chi connectivity index (χ4n) is 6.08. The van der Waals surface area contributed by atoms with Gasteiger partial charge in [-0.25, -0.2) is 14.3 Å². The van der Waals surface area contributed by atoms with Crippen molar-refractivity contribution in [3.63, 3.8) is 0 Å². The maximum Gasteiger partial charge on any atom is 0.362 e. The Balaban J connectivity index is 1.72. The quantitative estimate of drug-likeness (QED) is 0.185. The number of rotatable bonds is 8. The van der Waals surface area contributed by atoms with E-state index in [4.69, 9.17) is 23.2 Å². The molecule has 1 N–H and O–H groups in total. The average molecular weight is 593 g/mol. The van der Waals surface area contributed by atoms with Gasteiger partial charge in [-0.05, 0) is 47.5 Å². The van der Waals surface area contributed by atoms with Gasteiger partial charge in [-0.1, -0.05) is 126 Å². The summed E-state index contributed by atoms with van der Waals surface area (Å²) in [5.74, 6) is -0.120. The van der Waals surface area contributed by atoms with Gasteiger partial charge in [0.25, 0.3) is 11.4 Å². The molecule has 0 radical (unpaired) electrons. The standard InChI is InChI=1S/C36H28Cl2N2O2/c37-31-20-16-28(17-21-31)33-36(35(41)42,30-18-22-32(38)23-19-30)40(25-27-12-6-2-7-13-27)34(29-14-8-3-9-15-29)39(33)24-26-10-4-1-5-11-26/h1-23,33H,24-25H2/p+1. The smallest absolute Gasteiger partial charge is 0.362 e. The van der Waals surface area contributed by atoms with E-state index in [1.807, 2.05) is 115 Å². The molecule has 2 unspecified atom stereocenters. The second-order valence-electron chi connectivity index (χ2n) is 10.4. The van der Waals surface area contributed by atoms with Crippen LogP contribution in [0.3, 0.4) is 0 Å². The Morgan fingerprint density at radius 2 is 1.19 bits per heavy atom. The highest BCUT2D eigenvalue weighted by molar-refractivity contribution is 6.30. The molecule has 5 aromatic rings. The van der Waals surface area contributed by atoms with E-state index in [9.17, 15) is 9.90 Å². The predicted molar refractivity (Wildman–Crippen MR) is 168 cm³/mol. The molecule has 2 atom stereocenters. The Kier molecular flexibility index (Phi) is 7.84. The van der Waals surface area contributed by atoms with Gasteiger partial charge in [-0.15, -0.1) is 0 Å². The van der Waals surface area contributed by atoms with Crippen LogP contribution in [0.1, 0.15) is 33.9 Å². The topological polar surface area (TPSA) is 43.5 Å². The summed E-state index contributed by atoms with van der Waals surface area (Å²) in [6.07, 6.45) is 0. The van der Waals surface area contributed by atoms with Crippen molar-refractivity contribution in [3.8, 4) is 0 Å². The first-order chi connectivity index (χ1) is 20.5. The number of benzene rings is 5. The number of hydrogen-bond acceptors (Lipinski definition) is 2. The summed E-state index contributed by atoms with van der Waals surface area (Å²) in [5, 5.41) is 12.7. The number of halogens is 2. The largest absolute Gasteiger partial charge is 0.477 e. The third-order valence-corrected chi connectivity index (χ3v) is 8.37. The molecule has 208 valence electrons. The van der Waals surface area contributed by atoms with Crippen molar-refractivity contribution in [2.24, 2.45) is 0 Å². The van der Waals surface area contributed by atoms with E-state index in [1.54, 1.807) is 12.1 Å². The van der Waals surface area contributed by atoms with Crippen molar-refractivity contribution in [1.29, 1.82) is 0 Å². The molecular weight excluding hydrogens is 563 g/mol.